The maximum Gasteiger partial charge on any atom is 0.119 e. The van der Waals surface area contributed by atoms with Crippen LogP contribution in [-0.2, 0) is 0 Å². The van der Waals surface area contributed by atoms with Gasteiger partial charge in [0.05, 0.1) is 6.61 Å². The summed E-state index contributed by atoms with van der Waals surface area (Å²) in [6.07, 6.45) is 4.60. The van der Waals surface area contributed by atoms with Crippen molar-refractivity contribution in [3.63, 3.8) is 0 Å². The normalized spacial score (nSPS) is 12.1. The van der Waals surface area contributed by atoms with Crippen molar-refractivity contribution in [3.8, 4) is 5.75 Å². The van der Waals surface area contributed by atoms with Gasteiger partial charge in [0.2, 0.25) is 0 Å². The largest absolute Gasteiger partial charge is 0.494 e. The average molecular weight is 256 g/mol. The van der Waals surface area contributed by atoms with Crippen LogP contribution in [0.2, 0.25) is 0 Å². The average Bonchev–Trinajstić information content (AvgIpc) is 2.45. The van der Waals surface area contributed by atoms with E-state index in [0.29, 0.717) is 6.61 Å². The summed E-state index contributed by atoms with van der Waals surface area (Å²) in [7, 11) is 1.96. The standard InChI is InChI=1S/C16H20N2O/c1-13-5-3-7-15(11-13)19-10-8-16(17-2)14-6-4-9-18-12-14/h3-7,9,11-12,16-17H,8,10H2,1-2H3. The van der Waals surface area contributed by atoms with E-state index in [1.165, 1.54) is 11.1 Å². The lowest BCUT2D eigenvalue weighted by Crippen LogP contribution is -2.19. The summed E-state index contributed by atoms with van der Waals surface area (Å²) in [5.74, 6) is 0.932. The molecule has 3 nitrogen and oxygen atoms in total. The molecule has 1 N–H and O–H groups in total. The zero-order valence-electron chi connectivity index (χ0n) is 11.5. The first-order valence-electron chi connectivity index (χ1n) is 6.56. The quantitative estimate of drug-likeness (QED) is 0.862. The molecule has 0 radical (unpaired) electrons. The molecule has 0 bridgehead atoms. The summed E-state index contributed by atoms with van der Waals surface area (Å²) in [6, 6.07) is 12.4. The molecule has 1 unspecified atom stereocenters. The lowest BCUT2D eigenvalue weighted by atomic mass is 10.1. The van der Waals surface area contributed by atoms with Gasteiger partial charge >= 0.3 is 0 Å². The number of benzene rings is 1. The Hall–Kier alpha value is -1.87. The molecule has 2 rings (SSSR count). The van der Waals surface area contributed by atoms with Crippen molar-refractivity contribution in [1.29, 1.82) is 0 Å². The minimum atomic E-state index is 0.276. The SMILES string of the molecule is CNC(CCOc1cccc(C)c1)c1cccnc1. The zero-order chi connectivity index (χ0) is 13.5. The van der Waals surface area contributed by atoms with Gasteiger partial charge in [-0.05, 0) is 43.3 Å². The van der Waals surface area contributed by atoms with Crippen molar-refractivity contribution in [3.05, 3.63) is 59.9 Å². The smallest absolute Gasteiger partial charge is 0.119 e. The number of nitrogens with zero attached hydrogens (tertiary/aromatic N) is 1. The van der Waals surface area contributed by atoms with Gasteiger partial charge < -0.3 is 10.1 Å². The second-order valence-corrected chi connectivity index (χ2v) is 4.58. The van der Waals surface area contributed by atoms with Crippen LogP contribution in [0.25, 0.3) is 0 Å². The fourth-order valence-corrected chi connectivity index (χ4v) is 2.06. The fourth-order valence-electron chi connectivity index (χ4n) is 2.06. The van der Waals surface area contributed by atoms with Crippen LogP contribution in [0.15, 0.2) is 48.8 Å². The lowest BCUT2D eigenvalue weighted by molar-refractivity contribution is 0.290. The summed E-state index contributed by atoms with van der Waals surface area (Å²) in [5.41, 5.74) is 2.41. The molecular formula is C16H20N2O. The molecule has 0 aliphatic carbocycles. The van der Waals surface area contributed by atoms with Crippen molar-refractivity contribution in [2.75, 3.05) is 13.7 Å². The highest BCUT2D eigenvalue weighted by atomic mass is 16.5. The summed E-state index contributed by atoms with van der Waals surface area (Å²) in [6.45, 7) is 2.75. The van der Waals surface area contributed by atoms with Gasteiger partial charge in [-0.2, -0.15) is 0 Å². The topological polar surface area (TPSA) is 34.1 Å². The lowest BCUT2D eigenvalue weighted by Gasteiger charge is -2.16. The number of aryl methyl sites for hydroxylation is 1. The molecule has 1 aromatic heterocycles. The summed E-state index contributed by atoms with van der Waals surface area (Å²) in [5, 5.41) is 3.30. The minimum absolute atomic E-state index is 0.276. The van der Waals surface area contributed by atoms with E-state index < -0.39 is 0 Å². The van der Waals surface area contributed by atoms with Crippen molar-refractivity contribution in [2.45, 2.75) is 19.4 Å². The summed E-state index contributed by atoms with van der Waals surface area (Å²) >= 11 is 0. The summed E-state index contributed by atoms with van der Waals surface area (Å²) < 4.78 is 5.78. The highest BCUT2D eigenvalue weighted by Gasteiger charge is 2.09. The number of pyridine rings is 1. The number of aromatic nitrogens is 1. The Balaban J connectivity index is 1.87. The fraction of sp³-hybridized carbons (Fsp3) is 0.312. The van der Waals surface area contributed by atoms with Crippen LogP contribution in [-0.4, -0.2) is 18.6 Å². The van der Waals surface area contributed by atoms with E-state index >= 15 is 0 Å². The van der Waals surface area contributed by atoms with Gasteiger partial charge in [0.1, 0.15) is 5.75 Å². The highest BCUT2D eigenvalue weighted by Crippen LogP contribution is 2.17. The third-order valence-corrected chi connectivity index (χ3v) is 3.10. The number of hydrogen-bond donors (Lipinski definition) is 1. The second-order valence-electron chi connectivity index (χ2n) is 4.58. The summed E-state index contributed by atoms with van der Waals surface area (Å²) in [4.78, 5) is 4.15. The molecular weight excluding hydrogens is 236 g/mol. The molecule has 19 heavy (non-hydrogen) atoms. The van der Waals surface area contributed by atoms with Crippen LogP contribution < -0.4 is 10.1 Å². The predicted molar refractivity (Wildman–Crippen MR) is 77.3 cm³/mol. The van der Waals surface area contributed by atoms with Gasteiger partial charge in [-0.3, -0.25) is 4.98 Å². The van der Waals surface area contributed by atoms with Crippen molar-refractivity contribution in [1.82, 2.24) is 10.3 Å². The Labute approximate surface area is 114 Å². The van der Waals surface area contributed by atoms with Crippen LogP contribution in [0, 0.1) is 6.92 Å². The van der Waals surface area contributed by atoms with Gasteiger partial charge in [-0.15, -0.1) is 0 Å². The Bertz CT molecular complexity index is 499. The molecule has 1 aromatic carbocycles. The van der Waals surface area contributed by atoms with Crippen LogP contribution in [0.4, 0.5) is 0 Å². The molecule has 0 aliphatic rings. The number of rotatable bonds is 6. The second kappa shape index (κ2) is 6.90. The van der Waals surface area contributed by atoms with Crippen molar-refractivity contribution < 1.29 is 4.74 Å². The molecule has 0 fully saturated rings. The van der Waals surface area contributed by atoms with E-state index in [1.807, 2.05) is 31.4 Å². The van der Waals surface area contributed by atoms with E-state index in [2.05, 4.69) is 35.4 Å². The Morgan fingerprint density at radius 3 is 2.84 bits per heavy atom. The number of hydrogen-bond acceptors (Lipinski definition) is 3. The van der Waals surface area contributed by atoms with E-state index in [-0.39, 0.29) is 6.04 Å². The van der Waals surface area contributed by atoms with Crippen molar-refractivity contribution >= 4 is 0 Å². The third-order valence-electron chi connectivity index (χ3n) is 3.10. The molecule has 3 heteroatoms. The van der Waals surface area contributed by atoms with Gasteiger partial charge in [0.25, 0.3) is 0 Å². The highest BCUT2D eigenvalue weighted by molar-refractivity contribution is 5.27. The Morgan fingerprint density at radius 1 is 1.26 bits per heavy atom. The number of ether oxygens (including phenoxy) is 1. The first-order valence-corrected chi connectivity index (χ1v) is 6.56. The molecule has 0 saturated carbocycles. The van der Waals surface area contributed by atoms with Gasteiger partial charge in [-0.25, -0.2) is 0 Å². The molecule has 2 aromatic rings. The van der Waals surface area contributed by atoms with E-state index in [1.54, 1.807) is 6.20 Å². The molecule has 0 aliphatic heterocycles. The van der Waals surface area contributed by atoms with Crippen LogP contribution in [0.5, 0.6) is 5.75 Å². The minimum Gasteiger partial charge on any atom is -0.494 e. The van der Waals surface area contributed by atoms with E-state index in [9.17, 15) is 0 Å². The monoisotopic (exact) mass is 256 g/mol. The number of nitrogens with one attached hydrogen (secondary N) is 1. The molecule has 0 saturated heterocycles. The van der Waals surface area contributed by atoms with Crippen LogP contribution in [0.3, 0.4) is 0 Å². The van der Waals surface area contributed by atoms with Gasteiger partial charge in [-0.1, -0.05) is 18.2 Å². The Kier molecular flexibility index (Phi) is 4.93. The van der Waals surface area contributed by atoms with E-state index in [0.717, 1.165) is 12.2 Å². The van der Waals surface area contributed by atoms with Crippen LogP contribution in [0.1, 0.15) is 23.6 Å². The molecule has 1 heterocycles. The zero-order valence-corrected chi connectivity index (χ0v) is 11.5. The van der Waals surface area contributed by atoms with E-state index in [4.69, 9.17) is 4.74 Å². The maximum absolute atomic E-state index is 5.78. The van der Waals surface area contributed by atoms with Crippen molar-refractivity contribution in [2.24, 2.45) is 0 Å². The Morgan fingerprint density at radius 2 is 2.16 bits per heavy atom. The molecule has 0 amide bonds. The van der Waals surface area contributed by atoms with Gasteiger partial charge in [0, 0.05) is 24.9 Å². The first kappa shape index (κ1) is 13.6. The van der Waals surface area contributed by atoms with Gasteiger partial charge in [0.15, 0.2) is 0 Å². The molecule has 1 atom stereocenters. The van der Waals surface area contributed by atoms with Crippen LogP contribution >= 0.6 is 0 Å². The maximum atomic E-state index is 5.78. The predicted octanol–water partition coefficient (Wildman–Crippen LogP) is 3.12. The first-order chi connectivity index (χ1) is 9.29. The molecule has 100 valence electrons. The third kappa shape index (κ3) is 4.07. The molecule has 0 spiro atoms.